The number of nitrogens with two attached hydrogens (primary N) is 1. The zero-order valence-corrected chi connectivity index (χ0v) is 6.13. The predicted octanol–water partition coefficient (Wildman–Crippen LogP) is 0.253. The van der Waals surface area contributed by atoms with Crippen molar-refractivity contribution in [2.75, 3.05) is 0 Å². The number of carbonyl (C=O) groups excluding carboxylic acids is 1. The number of hydrogen-bond donors (Lipinski definition) is 2. The van der Waals surface area contributed by atoms with Gasteiger partial charge in [-0.25, -0.2) is 0 Å². The Labute approximate surface area is 65.0 Å². The molecule has 0 radical (unpaired) electrons. The van der Waals surface area contributed by atoms with Crippen molar-refractivity contribution in [3.8, 4) is 0 Å². The lowest BCUT2D eigenvalue weighted by molar-refractivity contribution is -0.115. The molecule has 1 aliphatic carbocycles. The number of nitrogens with one attached hydrogen (secondary N) is 1. The lowest BCUT2D eigenvalue weighted by atomic mass is 9.94. The molecule has 0 saturated heterocycles. The van der Waals surface area contributed by atoms with Gasteiger partial charge in [0.15, 0.2) is 0 Å². The van der Waals surface area contributed by atoms with E-state index in [9.17, 15) is 4.79 Å². The fourth-order valence-corrected chi connectivity index (χ4v) is 1.46. The Morgan fingerprint density at radius 1 is 1.64 bits per heavy atom. The van der Waals surface area contributed by atoms with Crippen molar-refractivity contribution in [1.82, 2.24) is 5.32 Å². The summed E-state index contributed by atoms with van der Waals surface area (Å²) in [5, 5.41) is 2.87. The second-order valence-corrected chi connectivity index (χ2v) is 3.08. The highest BCUT2D eigenvalue weighted by atomic mass is 16.1. The largest absolute Gasteiger partial charge is 0.367 e. The minimum absolute atomic E-state index is 0.0110. The molecule has 3 heteroatoms. The van der Waals surface area contributed by atoms with E-state index in [1.165, 1.54) is 0 Å². The Morgan fingerprint density at radius 3 is 2.82 bits per heavy atom. The van der Waals surface area contributed by atoms with Crippen molar-refractivity contribution >= 4 is 5.91 Å². The number of primary amides is 1. The van der Waals surface area contributed by atoms with Crippen LogP contribution in [-0.4, -0.2) is 5.91 Å². The maximum Gasteiger partial charge on any atom is 0.246 e. The normalized spacial score (nSPS) is 24.2. The number of allylic oxidation sites excluding steroid dienone is 1. The van der Waals surface area contributed by atoms with Gasteiger partial charge in [-0.2, -0.15) is 0 Å². The smallest absolute Gasteiger partial charge is 0.246 e. The predicted molar refractivity (Wildman–Crippen MR) is 41.2 cm³/mol. The molecule has 1 heterocycles. The van der Waals surface area contributed by atoms with Crippen LogP contribution in [0.5, 0.6) is 0 Å². The van der Waals surface area contributed by atoms with Gasteiger partial charge in [0.1, 0.15) is 0 Å². The second-order valence-electron chi connectivity index (χ2n) is 3.08. The molecule has 3 N–H and O–H groups in total. The summed E-state index contributed by atoms with van der Waals surface area (Å²) >= 11 is 0. The standard InChI is InChI=1S/C8H10N2O/c9-7(11)6-5-10-4-3-8(6)1-2-8/h3-5,10H,1-2H2,(H2,9,11). The van der Waals surface area contributed by atoms with E-state index in [1.54, 1.807) is 6.20 Å². The molecule has 2 aliphatic rings. The lowest BCUT2D eigenvalue weighted by Crippen LogP contribution is -2.24. The third-order valence-corrected chi connectivity index (χ3v) is 2.32. The SMILES string of the molecule is NC(=O)C1=CNC=CC12CC2. The molecule has 0 aromatic carbocycles. The molecule has 1 fully saturated rings. The average molecular weight is 150 g/mol. The summed E-state index contributed by atoms with van der Waals surface area (Å²) in [5.74, 6) is -0.306. The highest BCUT2D eigenvalue weighted by Gasteiger charge is 2.46. The third-order valence-electron chi connectivity index (χ3n) is 2.32. The number of amides is 1. The fraction of sp³-hybridized carbons (Fsp3) is 0.375. The van der Waals surface area contributed by atoms with Crippen LogP contribution in [0.3, 0.4) is 0 Å². The van der Waals surface area contributed by atoms with Crippen molar-refractivity contribution < 1.29 is 4.79 Å². The second kappa shape index (κ2) is 1.87. The molecule has 58 valence electrons. The van der Waals surface area contributed by atoms with Gasteiger partial charge in [-0.05, 0) is 19.0 Å². The van der Waals surface area contributed by atoms with Gasteiger partial charge in [-0.3, -0.25) is 4.79 Å². The first-order chi connectivity index (χ1) is 5.25. The number of hydrogen-bond acceptors (Lipinski definition) is 2. The van der Waals surface area contributed by atoms with Crippen LogP contribution in [0.15, 0.2) is 24.0 Å². The topological polar surface area (TPSA) is 55.1 Å². The van der Waals surface area contributed by atoms with Gasteiger partial charge in [0, 0.05) is 17.2 Å². The van der Waals surface area contributed by atoms with Crippen LogP contribution in [-0.2, 0) is 4.79 Å². The first kappa shape index (κ1) is 6.46. The maximum absolute atomic E-state index is 10.9. The van der Waals surface area contributed by atoms with E-state index < -0.39 is 0 Å². The zero-order chi connectivity index (χ0) is 7.90. The molecule has 1 spiro atoms. The van der Waals surface area contributed by atoms with Gasteiger partial charge >= 0.3 is 0 Å². The Morgan fingerprint density at radius 2 is 2.36 bits per heavy atom. The van der Waals surface area contributed by atoms with E-state index in [2.05, 4.69) is 5.32 Å². The first-order valence-corrected chi connectivity index (χ1v) is 3.69. The summed E-state index contributed by atoms with van der Waals surface area (Å²) in [5.41, 5.74) is 5.93. The molecule has 11 heavy (non-hydrogen) atoms. The highest BCUT2D eigenvalue weighted by Crippen LogP contribution is 2.53. The average Bonchev–Trinajstić information content (AvgIpc) is 2.70. The summed E-state index contributed by atoms with van der Waals surface area (Å²) in [7, 11) is 0. The van der Waals surface area contributed by atoms with E-state index in [1.807, 2.05) is 12.3 Å². The Hall–Kier alpha value is -1.25. The zero-order valence-electron chi connectivity index (χ0n) is 6.13. The van der Waals surface area contributed by atoms with Crippen LogP contribution in [0, 0.1) is 5.41 Å². The monoisotopic (exact) mass is 150 g/mol. The van der Waals surface area contributed by atoms with E-state index in [4.69, 9.17) is 5.73 Å². The van der Waals surface area contributed by atoms with E-state index in [-0.39, 0.29) is 11.3 Å². The van der Waals surface area contributed by atoms with E-state index in [0.717, 1.165) is 18.4 Å². The number of dihydropyridines is 1. The van der Waals surface area contributed by atoms with Crippen molar-refractivity contribution in [2.45, 2.75) is 12.8 Å². The molecule has 1 saturated carbocycles. The summed E-state index contributed by atoms with van der Waals surface area (Å²) in [6.45, 7) is 0. The van der Waals surface area contributed by atoms with Gasteiger partial charge in [0.05, 0.1) is 0 Å². The van der Waals surface area contributed by atoms with Crippen molar-refractivity contribution in [2.24, 2.45) is 11.1 Å². The Balaban J connectivity index is 2.31. The minimum atomic E-state index is -0.306. The summed E-state index contributed by atoms with van der Waals surface area (Å²) < 4.78 is 0. The summed E-state index contributed by atoms with van der Waals surface area (Å²) in [6.07, 6.45) is 7.70. The molecule has 2 rings (SSSR count). The van der Waals surface area contributed by atoms with E-state index >= 15 is 0 Å². The molecule has 0 aromatic rings. The molecule has 0 aromatic heterocycles. The van der Waals surface area contributed by atoms with Crippen LogP contribution in [0.4, 0.5) is 0 Å². The van der Waals surface area contributed by atoms with Crippen LogP contribution in [0.2, 0.25) is 0 Å². The van der Waals surface area contributed by atoms with Gasteiger partial charge < -0.3 is 11.1 Å². The lowest BCUT2D eigenvalue weighted by Gasteiger charge is -2.15. The van der Waals surface area contributed by atoms with Crippen LogP contribution in [0.25, 0.3) is 0 Å². The maximum atomic E-state index is 10.9. The van der Waals surface area contributed by atoms with Crippen LogP contribution >= 0.6 is 0 Å². The highest BCUT2D eigenvalue weighted by molar-refractivity contribution is 5.94. The van der Waals surface area contributed by atoms with E-state index in [0.29, 0.717) is 0 Å². The van der Waals surface area contributed by atoms with Crippen LogP contribution < -0.4 is 11.1 Å². The first-order valence-electron chi connectivity index (χ1n) is 3.69. The summed E-state index contributed by atoms with van der Waals surface area (Å²) in [6, 6.07) is 0. The molecule has 0 atom stereocenters. The minimum Gasteiger partial charge on any atom is -0.367 e. The fourth-order valence-electron chi connectivity index (χ4n) is 1.46. The van der Waals surface area contributed by atoms with Gasteiger partial charge in [-0.15, -0.1) is 0 Å². The molecule has 1 amide bonds. The number of rotatable bonds is 1. The third kappa shape index (κ3) is 0.843. The molecule has 1 aliphatic heterocycles. The van der Waals surface area contributed by atoms with Crippen molar-refractivity contribution in [1.29, 1.82) is 0 Å². The van der Waals surface area contributed by atoms with Gasteiger partial charge in [0.25, 0.3) is 0 Å². The molecule has 0 bridgehead atoms. The molecule has 3 nitrogen and oxygen atoms in total. The Kier molecular flexibility index (Phi) is 1.10. The number of carbonyl (C=O) groups is 1. The van der Waals surface area contributed by atoms with Crippen molar-refractivity contribution in [3.05, 3.63) is 24.0 Å². The van der Waals surface area contributed by atoms with Crippen LogP contribution in [0.1, 0.15) is 12.8 Å². The molecule has 0 unspecified atom stereocenters. The van der Waals surface area contributed by atoms with Crippen molar-refractivity contribution in [3.63, 3.8) is 0 Å². The molecular weight excluding hydrogens is 140 g/mol. The quantitative estimate of drug-likeness (QED) is 0.563. The summed E-state index contributed by atoms with van der Waals surface area (Å²) in [4.78, 5) is 10.9. The van der Waals surface area contributed by atoms with Gasteiger partial charge in [0.2, 0.25) is 5.91 Å². The molecular formula is C8H10N2O. The van der Waals surface area contributed by atoms with Gasteiger partial charge in [-0.1, -0.05) is 6.08 Å². The Bertz CT molecular complexity index is 261.